The molecule has 1 N–H and O–H groups in total. The number of aromatic nitrogens is 2. The average molecular weight is 382 g/mol. The summed E-state index contributed by atoms with van der Waals surface area (Å²) < 4.78 is 5.87. The first-order chi connectivity index (χ1) is 13.1. The SMILES string of the molecule is Cc1ccc(NC(=O)N2CCCC(c3nnc(-c4cccs4)o3)C2)cc1C. The molecule has 3 aromatic rings. The lowest BCUT2D eigenvalue weighted by atomic mass is 9.98. The molecule has 3 heterocycles. The van der Waals surface area contributed by atoms with E-state index in [4.69, 9.17) is 4.42 Å². The van der Waals surface area contributed by atoms with Crippen LogP contribution in [0.25, 0.3) is 10.8 Å². The number of carbonyl (C=O) groups excluding carboxylic acids is 1. The molecule has 0 saturated carbocycles. The molecule has 140 valence electrons. The Morgan fingerprint density at radius 2 is 2.15 bits per heavy atom. The first-order valence-corrected chi connectivity index (χ1v) is 9.98. The fourth-order valence-corrected chi connectivity index (χ4v) is 3.93. The van der Waals surface area contributed by atoms with Crippen LogP contribution in [0.3, 0.4) is 0 Å². The van der Waals surface area contributed by atoms with Crippen molar-refractivity contribution < 1.29 is 9.21 Å². The van der Waals surface area contributed by atoms with Crippen molar-refractivity contribution in [1.29, 1.82) is 0 Å². The van der Waals surface area contributed by atoms with Crippen LogP contribution in [0, 0.1) is 13.8 Å². The van der Waals surface area contributed by atoms with Crippen molar-refractivity contribution in [3.8, 4) is 10.8 Å². The van der Waals surface area contributed by atoms with E-state index in [1.54, 1.807) is 11.3 Å². The zero-order valence-electron chi connectivity index (χ0n) is 15.4. The van der Waals surface area contributed by atoms with E-state index < -0.39 is 0 Å². The van der Waals surface area contributed by atoms with Gasteiger partial charge in [-0.1, -0.05) is 12.1 Å². The van der Waals surface area contributed by atoms with Gasteiger partial charge in [-0.3, -0.25) is 0 Å². The van der Waals surface area contributed by atoms with E-state index in [-0.39, 0.29) is 11.9 Å². The number of likely N-dealkylation sites (tertiary alicyclic amines) is 1. The number of nitrogens with one attached hydrogen (secondary N) is 1. The molecule has 4 rings (SSSR count). The summed E-state index contributed by atoms with van der Waals surface area (Å²) in [6.07, 6.45) is 1.86. The number of anilines is 1. The van der Waals surface area contributed by atoms with Crippen LogP contribution < -0.4 is 5.32 Å². The van der Waals surface area contributed by atoms with E-state index in [1.165, 1.54) is 5.56 Å². The molecule has 1 aliphatic rings. The highest BCUT2D eigenvalue weighted by molar-refractivity contribution is 7.13. The summed E-state index contributed by atoms with van der Waals surface area (Å²) in [5, 5.41) is 13.4. The molecule has 1 unspecified atom stereocenters. The second-order valence-corrected chi connectivity index (χ2v) is 7.88. The summed E-state index contributed by atoms with van der Waals surface area (Å²) in [6, 6.07) is 9.80. The summed E-state index contributed by atoms with van der Waals surface area (Å²) in [5.41, 5.74) is 3.20. The number of thiophene rings is 1. The minimum Gasteiger partial charge on any atom is -0.420 e. The molecule has 1 atom stereocenters. The van der Waals surface area contributed by atoms with Crippen molar-refractivity contribution in [3.05, 3.63) is 52.7 Å². The standard InChI is InChI=1S/C20H22N4O2S/c1-13-7-8-16(11-14(13)2)21-20(25)24-9-3-5-15(12-24)18-22-23-19(26-18)17-6-4-10-27-17/h4,6-8,10-11,15H,3,5,9,12H2,1-2H3,(H,21,25). The fourth-order valence-electron chi connectivity index (χ4n) is 3.28. The molecule has 2 amide bonds. The number of rotatable bonds is 3. The largest absolute Gasteiger partial charge is 0.420 e. The maximum Gasteiger partial charge on any atom is 0.321 e. The second kappa shape index (κ2) is 7.52. The zero-order chi connectivity index (χ0) is 18.8. The van der Waals surface area contributed by atoms with Gasteiger partial charge in [-0.05, 0) is 61.4 Å². The third kappa shape index (κ3) is 3.88. The molecule has 1 aromatic carbocycles. The Bertz CT molecular complexity index is 935. The Morgan fingerprint density at radius 1 is 1.26 bits per heavy atom. The summed E-state index contributed by atoms with van der Waals surface area (Å²) in [5.74, 6) is 1.24. The normalized spacial score (nSPS) is 17.1. The number of aryl methyl sites for hydroxylation is 2. The van der Waals surface area contributed by atoms with Gasteiger partial charge in [0.1, 0.15) is 0 Å². The third-order valence-electron chi connectivity index (χ3n) is 4.99. The van der Waals surface area contributed by atoms with Crippen LogP contribution in [0.1, 0.15) is 35.8 Å². The molecular formula is C20H22N4O2S. The van der Waals surface area contributed by atoms with Crippen molar-refractivity contribution in [2.75, 3.05) is 18.4 Å². The summed E-state index contributed by atoms with van der Waals surface area (Å²) >= 11 is 1.57. The molecule has 1 aliphatic heterocycles. The molecule has 0 aliphatic carbocycles. The topological polar surface area (TPSA) is 71.3 Å². The minimum absolute atomic E-state index is 0.0745. The number of urea groups is 1. The van der Waals surface area contributed by atoms with Gasteiger partial charge in [0.05, 0.1) is 10.8 Å². The van der Waals surface area contributed by atoms with E-state index in [0.717, 1.165) is 35.5 Å². The second-order valence-electron chi connectivity index (χ2n) is 6.94. The minimum atomic E-state index is -0.0825. The van der Waals surface area contributed by atoms with E-state index in [1.807, 2.05) is 47.5 Å². The van der Waals surface area contributed by atoms with Crippen LogP contribution in [0.5, 0.6) is 0 Å². The van der Waals surface area contributed by atoms with Gasteiger partial charge in [0, 0.05) is 18.8 Å². The Balaban J connectivity index is 1.43. The maximum atomic E-state index is 12.7. The lowest BCUT2D eigenvalue weighted by molar-refractivity contribution is 0.187. The van der Waals surface area contributed by atoms with E-state index in [9.17, 15) is 4.79 Å². The van der Waals surface area contributed by atoms with Gasteiger partial charge in [-0.2, -0.15) is 0 Å². The highest BCUT2D eigenvalue weighted by atomic mass is 32.1. The zero-order valence-corrected chi connectivity index (χ0v) is 16.3. The van der Waals surface area contributed by atoms with Crippen molar-refractivity contribution in [2.24, 2.45) is 0 Å². The fraction of sp³-hybridized carbons (Fsp3) is 0.350. The van der Waals surface area contributed by atoms with Crippen LogP contribution in [-0.4, -0.2) is 34.2 Å². The molecule has 1 saturated heterocycles. The van der Waals surface area contributed by atoms with Gasteiger partial charge < -0.3 is 14.6 Å². The van der Waals surface area contributed by atoms with E-state index in [2.05, 4.69) is 22.4 Å². The van der Waals surface area contributed by atoms with Crippen molar-refractivity contribution in [1.82, 2.24) is 15.1 Å². The van der Waals surface area contributed by atoms with E-state index >= 15 is 0 Å². The molecule has 0 radical (unpaired) electrons. The molecule has 27 heavy (non-hydrogen) atoms. The number of nitrogens with zero attached hydrogens (tertiary/aromatic N) is 3. The molecule has 1 fully saturated rings. The van der Waals surface area contributed by atoms with Crippen LogP contribution in [-0.2, 0) is 0 Å². The Labute approximate surface area is 162 Å². The number of amides is 2. The predicted octanol–water partition coefficient (Wildman–Crippen LogP) is 4.83. The molecule has 7 heteroatoms. The third-order valence-corrected chi connectivity index (χ3v) is 5.85. The lowest BCUT2D eigenvalue weighted by Crippen LogP contribution is -2.41. The van der Waals surface area contributed by atoms with Crippen LogP contribution in [0.15, 0.2) is 40.1 Å². The van der Waals surface area contributed by atoms with E-state index in [0.29, 0.717) is 18.3 Å². The molecular weight excluding hydrogens is 360 g/mol. The number of carbonyl (C=O) groups is 1. The van der Waals surface area contributed by atoms with Gasteiger partial charge in [0.2, 0.25) is 5.89 Å². The van der Waals surface area contributed by atoms with Gasteiger partial charge in [0.15, 0.2) is 0 Å². The van der Waals surface area contributed by atoms with Crippen LogP contribution in [0.4, 0.5) is 10.5 Å². The lowest BCUT2D eigenvalue weighted by Gasteiger charge is -2.31. The predicted molar refractivity (Wildman–Crippen MR) is 106 cm³/mol. The van der Waals surface area contributed by atoms with Crippen LogP contribution in [0.2, 0.25) is 0 Å². The number of piperidine rings is 1. The highest BCUT2D eigenvalue weighted by Crippen LogP contribution is 2.30. The first-order valence-electron chi connectivity index (χ1n) is 9.10. The van der Waals surface area contributed by atoms with Gasteiger partial charge in [0.25, 0.3) is 5.89 Å². The maximum absolute atomic E-state index is 12.7. The number of hydrogen-bond acceptors (Lipinski definition) is 5. The highest BCUT2D eigenvalue weighted by Gasteiger charge is 2.28. The Hall–Kier alpha value is -2.67. The molecule has 0 bridgehead atoms. The van der Waals surface area contributed by atoms with Gasteiger partial charge in [-0.15, -0.1) is 21.5 Å². The summed E-state index contributed by atoms with van der Waals surface area (Å²) in [6.45, 7) is 5.43. The molecule has 0 spiro atoms. The quantitative estimate of drug-likeness (QED) is 0.704. The number of hydrogen-bond donors (Lipinski definition) is 1. The van der Waals surface area contributed by atoms with Crippen LogP contribution >= 0.6 is 11.3 Å². The first kappa shape index (κ1) is 17.7. The van der Waals surface area contributed by atoms with Gasteiger partial charge in [-0.25, -0.2) is 4.79 Å². The van der Waals surface area contributed by atoms with Crippen molar-refractivity contribution in [3.63, 3.8) is 0 Å². The summed E-state index contributed by atoms with van der Waals surface area (Å²) in [4.78, 5) is 15.5. The number of benzene rings is 1. The average Bonchev–Trinajstić information content (AvgIpc) is 3.36. The monoisotopic (exact) mass is 382 g/mol. The molecule has 2 aromatic heterocycles. The Morgan fingerprint density at radius 3 is 2.93 bits per heavy atom. The summed E-state index contributed by atoms with van der Waals surface area (Å²) in [7, 11) is 0. The molecule has 6 nitrogen and oxygen atoms in total. The van der Waals surface area contributed by atoms with Gasteiger partial charge >= 0.3 is 6.03 Å². The smallest absolute Gasteiger partial charge is 0.321 e. The van der Waals surface area contributed by atoms with Crippen molar-refractivity contribution in [2.45, 2.75) is 32.6 Å². The van der Waals surface area contributed by atoms with Crippen molar-refractivity contribution >= 4 is 23.1 Å². The Kier molecular flexibility index (Phi) is 4.94.